The van der Waals surface area contributed by atoms with Crippen molar-refractivity contribution in [2.24, 2.45) is 0 Å². The van der Waals surface area contributed by atoms with Crippen molar-refractivity contribution < 1.29 is 14.1 Å². The molecule has 2 N–H and O–H groups in total. The van der Waals surface area contributed by atoms with Gasteiger partial charge in [-0.1, -0.05) is 17.7 Å². The van der Waals surface area contributed by atoms with Crippen molar-refractivity contribution in [1.29, 1.82) is 0 Å². The Morgan fingerprint density at radius 3 is 2.90 bits per heavy atom. The highest BCUT2D eigenvalue weighted by atomic mass is 35.5. The van der Waals surface area contributed by atoms with Gasteiger partial charge in [0, 0.05) is 39.9 Å². The van der Waals surface area contributed by atoms with Gasteiger partial charge in [0.2, 0.25) is 0 Å². The van der Waals surface area contributed by atoms with E-state index >= 15 is 0 Å². The van der Waals surface area contributed by atoms with Crippen LogP contribution in [0.1, 0.15) is 12.8 Å². The molecular weight excluding hydrogens is 298 g/mol. The van der Waals surface area contributed by atoms with Crippen molar-refractivity contribution in [2.75, 3.05) is 24.7 Å². The minimum Gasteiger partial charge on any atom is -0.491 e. The third-order valence-corrected chi connectivity index (χ3v) is 4.89. The minimum atomic E-state index is -0.645. The lowest BCUT2D eigenvalue weighted by atomic mass is 10.1. The van der Waals surface area contributed by atoms with Crippen molar-refractivity contribution >= 4 is 22.4 Å². The van der Waals surface area contributed by atoms with Gasteiger partial charge in [-0.05, 0) is 31.0 Å². The zero-order valence-corrected chi connectivity index (χ0v) is 12.8. The second-order valence-corrected chi connectivity index (χ2v) is 7.09. The average molecular weight is 318 g/mol. The first-order valence-corrected chi connectivity index (χ1v) is 8.65. The molecule has 112 valence electrons. The summed E-state index contributed by atoms with van der Waals surface area (Å²) < 4.78 is 16.7. The summed E-state index contributed by atoms with van der Waals surface area (Å²) in [6.07, 6.45) is 1.25. The van der Waals surface area contributed by atoms with Crippen molar-refractivity contribution in [2.45, 2.75) is 25.0 Å². The molecule has 1 aromatic carbocycles. The van der Waals surface area contributed by atoms with Crippen LogP contribution >= 0.6 is 11.6 Å². The van der Waals surface area contributed by atoms with Crippen molar-refractivity contribution in [3.8, 4) is 5.75 Å². The number of hydrogen-bond donors (Lipinski definition) is 2. The summed E-state index contributed by atoms with van der Waals surface area (Å²) in [5.74, 6) is 2.17. The molecule has 0 saturated carbocycles. The van der Waals surface area contributed by atoms with Crippen LogP contribution in [0.25, 0.3) is 0 Å². The van der Waals surface area contributed by atoms with Crippen LogP contribution in [0, 0.1) is 0 Å². The molecule has 1 heterocycles. The topological polar surface area (TPSA) is 58.6 Å². The Morgan fingerprint density at radius 2 is 2.20 bits per heavy atom. The number of aliphatic hydroxyl groups excluding tert-OH is 1. The van der Waals surface area contributed by atoms with Crippen LogP contribution in [0.5, 0.6) is 5.75 Å². The molecule has 0 aliphatic carbocycles. The van der Waals surface area contributed by atoms with E-state index in [9.17, 15) is 9.32 Å². The van der Waals surface area contributed by atoms with Gasteiger partial charge in [-0.25, -0.2) is 0 Å². The van der Waals surface area contributed by atoms with Gasteiger partial charge < -0.3 is 15.2 Å². The summed E-state index contributed by atoms with van der Waals surface area (Å²) in [4.78, 5) is 0. The molecule has 0 aromatic heterocycles. The summed E-state index contributed by atoms with van der Waals surface area (Å²) >= 11 is 5.85. The number of ether oxygens (including phenoxy) is 1. The SMILES string of the molecule is O=S1CCC(NCC(O)COc2cccc(Cl)c2)CC1. The van der Waals surface area contributed by atoms with E-state index in [4.69, 9.17) is 16.3 Å². The van der Waals surface area contributed by atoms with E-state index in [1.165, 1.54) is 0 Å². The van der Waals surface area contributed by atoms with E-state index < -0.39 is 16.9 Å². The normalized spacial score (nSPS) is 24.3. The molecule has 1 aliphatic heterocycles. The van der Waals surface area contributed by atoms with Crippen LogP contribution in [-0.4, -0.2) is 46.1 Å². The molecule has 0 amide bonds. The van der Waals surface area contributed by atoms with Crippen LogP contribution in [0.4, 0.5) is 0 Å². The molecule has 1 fully saturated rings. The molecule has 2 rings (SSSR count). The molecule has 0 spiro atoms. The van der Waals surface area contributed by atoms with E-state index in [0.29, 0.717) is 23.4 Å². The summed E-state index contributed by atoms with van der Waals surface area (Å²) in [5, 5.41) is 13.8. The van der Waals surface area contributed by atoms with Crippen LogP contribution in [0.3, 0.4) is 0 Å². The summed E-state index contributed by atoms with van der Waals surface area (Å²) in [6.45, 7) is 0.712. The highest BCUT2D eigenvalue weighted by molar-refractivity contribution is 7.85. The van der Waals surface area contributed by atoms with Crippen LogP contribution in [0.2, 0.25) is 5.02 Å². The van der Waals surface area contributed by atoms with Crippen LogP contribution in [-0.2, 0) is 10.8 Å². The summed E-state index contributed by atoms with van der Waals surface area (Å²) in [7, 11) is -0.645. The van der Waals surface area contributed by atoms with Crippen LogP contribution < -0.4 is 10.1 Å². The quantitative estimate of drug-likeness (QED) is 0.836. The first-order chi connectivity index (χ1) is 9.63. The van der Waals surface area contributed by atoms with E-state index in [1.54, 1.807) is 12.1 Å². The predicted octanol–water partition coefficient (Wildman–Crippen LogP) is 1.58. The van der Waals surface area contributed by atoms with Gasteiger partial charge >= 0.3 is 0 Å². The average Bonchev–Trinajstić information content (AvgIpc) is 2.45. The molecule has 1 aromatic rings. The van der Waals surface area contributed by atoms with Crippen molar-refractivity contribution in [1.82, 2.24) is 5.32 Å². The lowest BCUT2D eigenvalue weighted by Gasteiger charge is -2.24. The number of hydrogen-bond acceptors (Lipinski definition) is 4. The first kappa shape index (κ1) is 15.8. The van der Waals surface area contributed by atoms with Gasteiger partial charge in [0.1, 0.15) is 18.5 Å². The summed E-state index contributed by atoms with van der Waals surface area (Å²) in [6, 6.07) is 7.47. The number of rotatable bonds is 6. The Morgan fingerprint density at radius 1 is 1.45 bits per heavy atom. The number of nitrogens with one attached hydrogen (secondary N) is 1. The number of benzene rings is 1. The molecule has 1 atom stereocenters. The highest BCUT2D eigenvalue weighted by Gasteiger charge is 2.18. The Kier molecular flexibility index (Phi) is 6.29. The van der Waals surface area contributed by atoms with Gasteiger partial charge in [-0.2, -0.15) is 0 Å². The Balaban J connectivity index is 1.65. The molecule has 1 aliphatic rings. The van der Waals surface area contributed by atoms with Gasteiger partial charge in [0.15, 0.2) is 0 Å². The largest absolute Gasteiger partial charge is 0.491 e. The molecular formula is C14H20ClNO3S. The van der Waals surface area contributed by atoms with Gasteiger partial charge in [0.25, 0.3) is 0 Å². The monoisotopic (exact) mass is 317 g/mol. The maximum atomic E-state index is 11.2. The molecule has 4 nitrogen and oxygen atoms in total. The fourth-order valence-electron chi connectivity index (χ4n) is 2.11. The second kappa shape index (κ2) is 7.98. The van der Waals surface area contributed by atoms with E-state index in [1.807, 2.05) is 12.1 Å². The molecule has 1 unspecified atom stereocenters. The number of aliphatic hydroxyl groups is 1. The van der Waals surface area contributed by atoms with Crippen molar-refractivity contribution in [3.63, 3.8) is 0 Å². The maximum absolute atomic E-state index is 11.2. The Bertz CT molecular complexity index is 448. The first-order valence-electron chi connectivity index (χ1n) is 6.78. The Hall–Kier alpha value is -0.620. The molecule has 20 heavy (non-hydrogen) atoms. The smallest absolute Gasteiger partial charge is 0.120 e. The lowest BCUT2D eigenvalue weighted by Crippen LogP contribution is -2.41. The zero-order chi connectivity index (χ0) is 14.4. The number of halogens is 1. The second-order valence-electron chi connectivity index (χ2n) is 4.95. The van der Waals surface area contributed by atoms with Gasteiger partial charge in [-0.15, -0.1) is 0 Å². The molecule has 0 bridgehead atoms. The highest BCUT2D eigenvalue weighted by Crippen LogP contribution is 2.17. The summed E-state index contributed by atoms with van der Waals surface area (Å²) in [5.41, 5.74) is 0. The van der Waals surface area contributed by atoms with E-state index in [0.717, 1.165) is 24.3 Å². The van der Waals surface area contributed by atoms with E-state index in [2.05, 4.69) is 5.32 Å². The van der Waals surface area contributed by atoms with Crippen molar-refractivity contribution in [3.05, 3.63) is 29.3 Å². The van der Waals surface area contributed by atoms with Gasteiger partial charge in [-0.3, -0.25) is 4.21 Å². The fraction of sp³-hybridized carbons (Fsp3) is 0.571. The minimum absolute atomic E-state index is 0.228. The molecule has 0 radical (unpaired) electrons. The Labute approximate surface area is 126 Å². The maximum Gasteiger partial charge on any atom is 0.120 e. The predicted molar refractivity (Wildman–Crippen MR) is 81.9 cm³/mol. The molecule has 1 saturated heterocycles. The lowest BCUT2D eigenvalue weighted by molar-refractivity contribution is 0.103. The third kappa shape index (κ3) is 5.40. The zero-order valence-electron chi connectivity index (χ0n) is 11.3. The van der Waals surface area contributed by atoms with Gasteiger partial charge in [0.05, 0.1) is 0 Å². The fourth-order valence-corrected chi connectivity index (χ4v) is 3.59. The molecule has 6 heteroatoms. The standard InChI is InChI=1S/C14H20ClNO3S/c15-11-2-1-3-14(8-11)19-10-13(17)9-16-12-4-6-20(18)7-5-12/h1-3,8,12-13,16-17H,4-7,9-10H2. The third-order valence-electron chi connectivity index (χ3n) is 3.27. The van der Waals surface area contributed by atoms with E-state index in [-0.39, 0.29) is 6.61 Å². The van der Waals surface area contributed by atoms with Crippen LogP contribution in [0.15, 0.2) is 24.3 Å².